The molecule has 1 aliphatic carbocycles. The molecule has 0 heterocycles. The number of hydrogen-bond donors (Lipinski definition) is 1. The lowest BCUT2D eigenvalue weighted by molar-refractivity contribution is 0.175. The molecule has 1 saturated carbocycles. The fourth-order valence-corrected chi connectivity index (χ4v) is 1.15. The van der Waals surface area contributed by atoms with E-state index < -0.39 is 5.67 Å². The van der Waals surface area contributed by atoms with Gasteiger partial charge in [0, 0.05) is 6.04 Å². The maximum absolute atomic E-state index is 12.9. The Bertz CT molecular complexity index is 95.1. The average molecular weight is 154 g/mol. The topological polar surface area (TPSA) is 26.0 Å². The molecule has 56 valence electrons. The van der Waals surface area contributed by atoms with E-state index in [1.165, 1.54) is 0 Å². The van der Waals surface area contributed by atoms with Crippen LogP contribution in [-0.4, -0.2) is 11.7 Å². The van der Waals surface area contributed by atoms with E-state index in [1.807, 2.05) is 0 Å². The Morgan fingerprint density at radius 3 is 2.33 bits per heavy atom. The highest BCUT2D eigenvalue weighted by Gasteiger charge is 2.35. The van der Waals surface area contributed by atoms with Gasteiger partial charge in [0.25, 0.3) is 0 Å². The summed E-state index contributed by atoms with van der Waals surface area (Å²) in [4.78, 5) is 0. The van der Waals surface area contributed by atoms with Gasteiger partial charge in [-0.3, -0.25) is 0 Å². The van der Waals surface area contributed by atoms with Crippen molar-refractivity contribution in [2.24, 2.45) is 5.73 Å². The Kier molecular flexibility index (Phi) is 2.90. The molecule has 0 aromatic rings. The van der Waals surface area contributed by atoms with Crippen molar-refractivity contribution in [3.05, 3.63) is 0 Å². The smallest absolute Gasteiger partial charge is 0.123 e. The number of alkyl halides is 1. The summed E-state index contributed by atoms with van der Waals surface area (Å²) >= 11 is 0. The molecule has 0 amide bonds. The van der Waals surface area contributed by atoms with E-state index in [2.05, 4.69) is 0 Å². The lowest BCUT2D eigenvalue weighted by Crippen LogP contribution is -2.36. The Hall–Kier alpha value is 0.180. The molecule has 1 nitrogen and oxygen atoms in total. The lowest BCUT2D eigenvalue weighted by atomic mass is 10.0. The second kappa shape index (κ2) is 2.84. The van der Waals surface area contributed by atoms with E-state index in [4.69, 9.17) is 5.73 Å². The van der Waals surface area contributed by atoms with E-state index >= 15 is 0 Å². The molecule has 1 rings (SSSR count). The monoisotopic (exact) mass is 153 g/mol. The molecule has 0 aromatic carbocycles. The number of halogens is 2. The van der Waals surface area contributed by atoms with Crippen LogP contribution in [0.5, 0.6) is 0 Å². The summed E-state index contributed by atoms with van der Waals surface area (Å²) in [6.07, 6.45) is 2.45. The lowest BCUT2D eigenvalue weighted by Gasteiger charge is -2.17. The molecule has 1 fully saturated rings. The van der Waals surface area contributed by atoms with Gasteiger partial charge < -0.3 is 5.73 Å². The SMILES string of the molecule is C[C@]1(F)CCCC1N.Cl. The third kappa shape index (κ3) is 1.80. The molecule has 0 radical (unpaired) electrons. The first-order chi connectivity index (χ1) is 3.63. The Morgan fingerprint density at radius 1 is 1.67 bits per heavy atom. The first kappa shape index (κ1) is 9.18. The van der Waals surface area contributed by atoms with Crippen molar-refractivity contribution in [2.75, 3.05) is 0 Å². The van der Waals surface area contributed by atoms with Gasteiger partial charge >= 0.3 is 0 Å². The maximum Gasteiger partial charge on any atom is 0.123 e. The largest absolute Gasteiger partial charge is 0.325 e. The Balaban J connectivity index is 0.000000640. The van der Waals surface area contributed by atoms with Gasteiger partial charge in [0.15, 0.2) is 0 Å². The zero-order valence-corrected chi connectivity index (χ0v) is 6.38. The van der Waals surface area contributed by atoms with Crippen LogP contribution in [0.3, 0.4) is 0 Å². The predicted octanol–water partition coefficient (Wildman–Crippen LogP) is 1.65. The molecule has 1 unspecified atom stereocenters. The summed E-state index contributed by atoms with van der Waals surface area (Å²) in [7, 11) is 0. The molecule has 1 aliphatic rings. The van der Waals surface area contributed by atoms with Crippen molar-refractivity contribution in [2.45, 2.75) is 37.9 Å². The average Bonchev–Trinajstić information content (AvgIpc) is 1.86. The summed E-state index contributed by atoms with van der Waals surface area (Å²) in [5.41, 5.74) is 4.37. The van der Waals surface area contributed by atoms with Gasteiger partial charge in [0.2, 0.25) is 0 Å². The van der Waals surface area contributed by atoms with Gasteiger partial charge in [0.05, 0.1) is 0 Å². The fourth-order valence-electron chi connectivity index (χ4n) is 1.15. The molecule has 9 heavy (non-hydrogen) atoms. The van der Waals surface area contributed by atoms with Crippen LogP contribution in [0.4, 0.5) is 4.39 Å². The van der Waals surface area contributed by atoms with Crippen molar-refractivity contribution < 1.29 is 4.39 Å². The van der Waals surface area contributed by atoms with Crippen LogP contribution in [0.2, 0.25) is 0 Å². The van der Waals surface area contributed by atoms with Gasteiger partial charge in [-0.1, -0.05) is 0 Å². The highest BCUT2D eigenvalue weighted by atomic mass is 35.5. The molecule has 2 atom stereocenters. The third-order valence-corrected chi connectivity index (χ3v) is 1.95. The highest BCUT2D eigenvalue weighted by molar-refractivity contribution is 5.85. The molecule has 0 bridgehead atoms. The summed E-state index contributed by atoms with van der Waals surface area (Å²) in [5.74, 6) is 0. The van der Waals surface area contributed by atoms with E-state index in [9.17, 15) is 4.39 Å². The second-order valence-corrected chi connectivity index (χ2v) is 2.78. The second-order valence-electron chi connectivity index (χ2n) is 2.78. The van der Waals surface area contributed by atoms with Crippen LogP contribution in [0.25, 0.3) is 0 Å². The molecular weight excluding hydrogens is 141 g/mol. The van der Waals surface area contributed by atoms with Crippen molar-refractivity contribution >= 4 is 12.4 Å². The van der Waals surface area contributed by atoms with Gasteiger partial charge in [-0.25, -0.2) is 4.39 Å². The molecule has 0 aliphatic heterocycles. The molecule has 3 heteroatoms. The Morgan fingerprint density at radius 2 is 2.22 bits per heavy atom. The fraction of sp³-hybridized carbons (Fsp3) is 1.00. The van der Waals surface area contributed by atoms with Crippen molar-refractivity contribution in [1.82, 2.24) is 0 Å². The first-order valence-electron chi connectivity index (χ1n) is 3.07. The summed E-state index contributed by atoms with van der Waals surface area (Å²) in [6, 6.07) is -0.206. The number of nitrogens with two attached hydrogens (primary N) is 1. The van der Waals surface area contributed by atoms with E-state index in [0.29, 0.717) is 6.42 Å². The number of rotatable bonds is 0. The van der Waals surface area contributed by atoms with Gasteiger partial charge in [0.1, 0.15) is 5.67 Å². The van der Waals surface area contributed by atoms with Crippen molar-refractivity contribution in [1.29, 1.82) is 0 Å². The van der Waals surface area contributed by atoms with Crippen LogP contribution in [0, 0.1) is 0 Å². The minimum atomic E-state index is -1.07. The van der Waals surface area contributed by atoms with Crippen molar-refractivity contribution in [3.63, 3.8) is 0 Å². The Labute approximate surface area is 61.2 Å². The molecule has 0 saturated heterocycles. The summed E-state index contributed by atoms with van der Waals surface area (Å²) < 4.78 is 12.9. The van der Waals surface area contributed by atoms with Crippen LogP contribution in [0.1, 0.15) is 26.2 Å². The van der Waals surface area contributed by atoms with Gasteiger partial charge in [-0.2, -0.15) is 0 Å². The van der Waals surface area contributed by atoms with E-state index in [-0.39, 0.29) is 18.4 Å². The summed E-state index contributed by atoms with van der Waals surface area (Å²) in [5, 5.41) is 0. The number of hydrogen-bond acceptors (Lipinski definition) is 1. The molecule has 0 aromatic heterocycles. The predicted molar refractivity (Wildman–Crippen MR) is 38.6 cm³/mol. The van der Waals surface area contributed by atoms with Crippen molar-refractivity contribution in [3.8, 4) is 0 Å². The molecule has 0 spiro atoms. The standard InChI is InChI=1S/C6H12FN.ClH/c1-6(7)4-2-3-5(6)8;/h5H,2-4,8H2,1H3;1H/t5?,6-;/m0./s1. The zero-order chi connectivity index (χ0) is 6.20. The highest BCUT2D eigenvalue weighted by Crippen LogP contribution is 2.31. The molecular formula is C6H13ClFN. The normalized spacial score (nSPS) is 42.3. The van der Waals surface area contributed by atoms with E-state index in [1.54, 1.807) is 6.92 Å². The van der Waals surface area contributed by atoms with Crippen LogP contribution in [0.15, 0.2) is 0 Å². The summed E-state index contributed by atoms with van der Waals surface area (Å²) in [6.45, 7) is 1.59. The first-order valence-corrected chi connectivity index (χ1v) is 3.07. The quantitative estimate of drug-likeness (QED) is 0.563. The third-order valence-electron chi connectivity index (χ3n) is 1.95. The van der Waals surface area contributed by atoms with Crippen LogP contribution < -0.4 is 5.73 Å². The van der Waals surface area contributed by atoms with Crippen LogP contribution in [-0.2, 0) is 0 Å². The zero-order valence-electron chi connectivity index (χ0n) is 5.56. The van der Waals surface area contributed by atoms with Gasteiger partial charge in [-0.15, -0.1) is 12.4 Å². The maximum atomic E-state index is 12.9. The van der Waals surface area contributed by atoms with Gasteiger partial charge in [-0.05, 0) is 26.2 Å². The van der Waals surface area contributed by atoms with E-state index in [0.717, 1.165) is 12.8 Å². The molecule has 2 N–H and O–H groups in total. The minimum Gasteiger partial charge on any atom is -0.325 e. The van der Waals surface area contributed by atoms with Crippen LogP contribution >= 0.6 is 12.4 Å². The minimum absolute atomic E-state index is 0.